The van der Waals surface area contributed by atoms with Gasteiger partial charge in [-0.15, -0.1) is 0 Å². The lowest BCUT2D eigenvalue weighted by atomic mass is 9.31. The molecule has 4 heterocycles. The molecule has 0 aliphatic carbocycles. The molecular weight excluding hydrogens is 770 g/mol. The molecule has 4 aliphatic heterocycles. The highest BCUT2D eigenvalue weighted by atomic mass is 15.2. The van der Waals surface area contributed by atoms with Crippen LogP contribution in [-0.4, -0.2) is 13.4 Å². The van der Waals surface area contributed by atoms with Gasteiger partial charge in [-0.2, -0.15) is 0 Å². The van der Waals surface area contributed by atoms with Gasteiger partial charge in [0.1, 0.15) is 0 Å². The Balaban J connectivity index is 1.15. The molecule has 0 saturated carbocycles. The molecule has 2 nitrogen and oxygen atoms in total. The highest BCUT2D eigenvalue weighted by molar-refractivity contribution is 7.02. The van der Waals surface area contributed by atoms with Crippen LogP contribution < -0.4 is 42.6 Å². The van der Waals surface area contributed by atoms with E-state index < -0.39 is 0 Å². The first kappa shape index (κ1) is 34.5. The van der Waals surface area contributed by atoms with E-state index in [4.69, 9.17) is 0 Å². The van der Waals surface area contributed by atoms with E-state index in [9.17, 15) is 2.74 Å². The number of hydrogen-bond donors (Lipinski definition) is 0. The van der Waals surface area contributed by atoms with Crippen molar-refractivity contribution < 1.29 is 2.74 Å². The molecule has 10 aromatic rings. The minimum atomic E-state index is -0.125. The van der Waals surface area contributed by atoms with Gasteiger partial charge in [-0.1, -0.05) is 174 Å². The summed E-state index contributed by atoms with van der Waals surface area (Å²) in [6.07, 6.45) is 0. The topological polar surface area (TPSA) is 6.48 Å². The van der Waals surface area contributed by atoms with Crippen LogP contribution in [0.15, 0.2) is 170 Å². The van der Waals surface area contributed by atoms with Crippen LogP contribution in [-0.2, 0) is 10.8 Å². The van der Waals surface area contributed by atoms with Crippen molar-refractivity contribution >= 4 is 113 Å². The van der Waals surface area contributed by atoms with E-state index >= 15 is 0 Å². The summed E-state index contributed by atoms with van der Waals surface area (Å²) in [5, 5.41) is 6.63. The van der Waals surface area contributed by atoms with Gasteiger partial charge >= 0.3 is 0 Å². The molecule has 0 radical (unpaired) electrons. The molecule has 0 fully saturated rings. The number of hydrogen-bond acceptors (Lipinski definition) is 2. The maximum atomic E-state index is 10.2. The number of para-hydroxylation sites is 4. The van der Waals surface area contributed by atoms with Gasteiger partial charge in [0.2, 0.25) is 13.4 Å². The van der Waals surface area contributed by atoms with E-state index in [0.29, 0.717) is 12.1 Å². The molecule has 14 rings (SSSR count). The van der Waals surface area contributed by atoms with Crippen LogP contribution >= 0.6 is 0 Å². The first-order chi connectivity index (χ1) is 31.9. The Morgan fingerprint density at radius 3 is 1.17 bits per heavy atom. The van der Waals surface area contributed by atoms with E-state index in [1.165, 1.54) is 88.6 Å². The van der Waals surface area contributed by atoms with Crippen LogP contribution in [0, 0.1) is 0 Å². The van der Waals surface area contributed by atoms with Gasteiger partial charge in [-0.05, 0) is 147 Å². The second-order valence-corrected chi connectivity index (χ2v) is 20.7. The van der Waals surface area contributed by atoms with E-state index in [1.807, 2.05) is 0 Å². The van der Waals surface area contributed by atoms with Gasteiger partial charge < -0.3 is 9.80 Å². The Bertz CT molecular complexity index is 3530. The van der Waals surface area contributed by atoms with E-state index in [2.05, 4.69) is 209 Å². The van der Waals surface area contributed by atoms with Gasteiger partial charge in [-0.3, -0.25) is 0 Å². The predicted octanol–water partition coefficient (Wildman–Crippen LogP) is 11.7. The molecule has 0 unspecified atom stereocenters. The zero-order chi connectivity index (χ0) is 44.7. The van der Waals surface area contributed by atoms with Gasteiger partial charge in [0, 0.05) is 34.1 Å². The van der Waals surface area contributed by atoms with Crippen molar-refractivity contribution in [1.29, 1.82) is 0 Å². The predicted molar refractivity (Wildman–Crippen MR) is 277 cm³/mol. The number of rotatable bonds is 2. The largest absolute Gasteiger partial charge is 0.311 e. The SMILES string of the molecule is [2H]c1cc2c3c(cc4c([2H])cc5c6c(cc1c3c46)B1c3ccccc3N(c3ccccc3)c3cc(C(C)(C)C)cc-5c31)B1c3ccccc3N(c3ccccc3)c3cc(C(C)(C)C)cc-2c31. The minimum Gasteiger partial charge on any atom is -0.311 e. The molecule has 0 saturated heterocycles. The summed E-state index contributed by atoms with van der Waals surface area (Å²) in [5.41, 5.74) is 21.5. The van der Waals surface area contributed by atoms with Crippen molar-refractivity contribution in [2.45, 2.75) is 52.4 Å². The summed E-state index contributed by atoms with van der Waals surface area (Å²) in [6.45, 7) is 13.7. The highest BCUT2D eigenvalue weighted by Crippen LogP contribution is 2.50. The van der Waals surface area contributed by atoms with Crippen molar-refractivity contribution in [3.8, 4) is 22.3 Å². The normalized spacial score (nSPS) is 14.7. The Morgan fingerprint density at radius 2 is 0.766 bits per heavy atom. The third kappa shape index (κ3) is 4.68. The molecule has 4 heteroatoms. The fourth-order valence-corrected chi connectivity index (χ4v) is 12.2. The minimum absolute atomic E-state index is 0.0610. The van der Waals surface area contributed by atoms with E-state index in [-0.39, 0.29) is 24.3 Å². The molecule has 10 aromatic carbocycles. The maximum absolute atomic E-state index is 10.2. The molecular formula is C60H46B2N2. The standard InChI is InChI=1S/C60H46B2N2/c1-59(2,3)37-31-43-41-27-25-35-30-48-56-42(44-32-38(60(4,5)6)34-52-58(44)62(48)46-22-14-16-24-50(46)64(52)40-19-11-8-12-20-40)28-26-36-29-47(55(41)53(35)54(36)56)61-45-21-13-15-23-49(45)63(51(33-37)57(43)61)39-17-9-7-10-18-39/h7-34H,1-6H3/i25D,26D. The smallest absolute Gasteiger partial charge is 0.248 e. The first-order valence-electron chi connectivity index (χ1n) is 23.9. The molecule has 0 atom stereocenters. The second kappa shape index (κ2) is 12.4. The summed E-state index contributed by atoms with van der Waals surface area (Å²) >= 11 is 0. The summed E-state index contributed by atoms with van der Waals surface area (Å²) < 4.78 is 20.3. The Morgan fingerprint density at radius 1 is 0.375 bits per heavy atom. The molecule has 64 heavy (non-hydrogen) atoms. The fourth-order valence-electron chi connectivity index (χ4n) is 12.2. The quantitative estimate of drug-likeness (QED) is 0.127. The van der Waals surface area contributed by atoms with E-state index in [1.54, 1.807) is 0 Å². The Kier molecular flexibility index (Phi) is 6.65. The van der Waals surface area contributed by atoms with E-state index in [0.717, 1.165) is 44.0 Å². The van der Waals surface area contributed by atoms with Crippen molar-refractivity contribution in [3.63, 3.8) is 0 Å². The van der Waals surface area contributed by atoms with Crippen LogP contribution in [0.4, 0.5) is 34.1 Å². The van der Waals surface area contributed by atoms with Crippen LogP contribution in [0.3, 0.4) is 0 Å². The Labute approximate surface area is 379 Å². The molecule has 0 amide bonds. The molecule has 0 bridgehead atoms. The van der Waals surface area contributed by atoms with Gasteiger partial charge in [0.25, 0.3) is 0 Å². The van der Waals surface area contributed by atoms with Crippen LogP contribution in [0.2, 0.25) is 0 Å². The monoisotopic (exact) mass is 818 g/mol. The number of benzene rings is 10. The summed E-state index contributed by atoms with van der Waals surface area (Å²) in [4.78, 5) is 4.92. The molecule has 302 valence electrons. The van der Waals surface area contributed by atoms with Crippen molar-refractivity contribution in [1.82, 2.24) is 0 Å². The van der Waals surface area contributed by atoms with Crippen LogP contribution in [0.25, 0.3) is 54.6 Å². The average Bonchev–Trinajstić information content (AvgIpc) is 3.31. The average molecular weight is 819 g/mol. The van der Waals surface area contributed by atoms with Crippen LogP contribution in [0.5, 0.6) is 0 Å². The lowest BCUT2D eigenvalue weighted by molar-refractivity contribution is 0.590. The molecule has 0 spiro atoms. The van der Waals surface area contributed by atoms with Gasteiger partial charge in [-0.25, -0.2) is 0 Å². The first-order valence-corrected chi connectivity index (χ1v) is 22.9. The zero-order valence-electron chi connectivity index (χ0n) is 39.1. The lowest BCUT2D eigenvalue weighted by Gasteiger charge is -2.43. The summed E-state index contributed by atoms with van der Waals surface area (Å²) in [6, 6.07) is 59.4. The molecule has 0 aromatic heterocycles. The third-order valence-corrected chi connectivity index (χ3v) is 15.1. The number of fused-ring (bicyclic) bond motifs is 8. The van der Waals surface area contributed by atoms with Crippen LogP contribution in [0.1, 0.15) is 55.4 Å². The van der Waals surface area contributed by atoms with Gasteiger partial charge in [0.05, 0.1) is 2.74 Å². The number of anilines is 6. The summed E-state index contributed by atoms with van der Waals surface area (Å²) in [5.74, 6) is 0. The lowest BCUT2D eigenvalue weighted by Crippen LogP contribution is -2.60. The van der Waals surface area contributed by atoms with Crippen molar-refractivity contribution in [3.05, 3.63) is 181 Å². The summed E-state index contributed by atoms with van der Waals surface area (Å²) in [7, 11) is 0. The maximum Gasteiger partial charge on any atom is 0.248 e. The third-order valence-electron chi connectivity index (χ3n) is 15.1. The number of nitrogens with zero attached hydrogens (tertiary/aromatic N) is 2. The molecule has 4 aliphatic rings. The zero-order valence-corrected chi connectivity index (χ0v) is 37.1. The second-order valence-electron chi connectivity index (χ2n) is 20.7. The molecule has 0 N–H and O–H groups in total. The van der Waals surface area contributed by atoms with Crippen molar-refractivity contribution in [2.24, 2.45) is 0 Å². The Hall–Kier alpha value is -7.03. The fraction of sp³-hybridized carbons (Fsp3) is 0.133. The highest BCUT2D eigenvalue weighted by Gasteiger charge is 2.45. The van der Waals surface area contributed by atoms with Crippen molar-refractivity contribution in [2.75, 3.05) is 9.80 Å². The van der Waals surface area contributed by atoms with Gasteiger partial charge in [0.15, 0.2) is 0 Å².